The van der Waals surface area contributed by atoms with E-state index in [2.05, 4.69) is 5.32 Å². The molecule has 0 fully saturated rings. The van der Waals surface area contributed by atoms with Crippen LogP contribution in [0.15, 0.2) is 60.4 Å². The fourth-order valence-corrected chi connectivity index (χ4v) is 4.33. The molecule has 0 aliphatic heterocycles. The van der Waals surface area contributed by atoms with E-state index in [1.54, 1.807) is 73.4 Å². The molecule has 0 radical (unpaired) electrons. The van der Waals surface area contributed by atoms with Crippen LogP contribution in [0.3, 0.4) is 0 Å². The fraction of sp³-hybridized carbons (Fsp3) is 0.0833. The van der Waals surface area contributed by atoms with Crippen LogP contribution in [0.2, 0.25) is 0 Å². The Morgan fingerprint density at radius 2 is 1.17 bits per heavy atom. The van der Waals surface area contributed by atoms with Crippen LogP contribution in [0.25, 0.3) is 5.57 Å². The molecule has 0 atom stereocenters. The second-order valence-electron chi connectivity index (χ2n) is 7.28. The van der Waals surface area contributed by atoms with Gasteiger partial charge in [-0.25, -0.2) is 0 Å². The molecule has 1 aromatic heterocycles. The van der Waals surface area contributed by atoms with Gasteiger partial charge >= 0.3 is 0 Å². The van der Waals surface area contributed by atoms with Gasteiger partial charge in [0.2, 0.25) is 11.6 Å². The second-order valence-corrected chi connectivity index (χ2v) is 7.28. The number of hydrogen-bond donors (Lipinski definition) is 1. The minimum atomic E-state index is -0.359. The Balaban J connectivity index is 1.81. The topological polar surface area (TPSA) is 85.2 Å². The molecule has 5 rings (SSSR count). The molecular weight excluding hydrogens is 380 g/mol. The number of carbonyl (C=O) groups excluding carboxylic acids is 4. The van der Waals surface area contributed by atoms with Gasteiger partial charge in [0.1, 0.15) is 5.69 Å². The maximum atomic E-state index is 13.4. The Kier molecular flexibility index (Phi) is 3.73. The highest BCUT2D eigenvalue weighted by molar-refractivity contribution is 6.42. The Labute approximate surface area is 171 Å². The number of Topliss-reactive ketones (excluding diaryl/α,β-unsaturated/α-hetero) is 2. The maximum absolute atomic E-state index is 13.4. The fourth-order valence-electron chi connectivity index (χ4n) is 4.33. The third-order valence-electron chi connectivity index (χ3n) is 5.68. The van der Waals surface area contributed by atoms with Crippen molar-refractivity contribution in [2.75, 3.05) is 7.05 Å². The van der Waals surface area contributed by atoms with Crippen LogP contribution in [-0.4, -0.2) is 34.7 Å². The number of nitrogens with zero attached hydrogens (tertiary/aromatic N) is 1. The van der Waals surface area contributed by atoms with E-state index in [4.69, 9.17) is 0 Å². The summed E-state index contributed by atoms with van der Waals surface area (Å²) in [6, 6.07) is 13.2. The molecular formula is C24H16N2O4. The van der Waals surface area contributed by atoms with Crippen molar-refractivity contribution < 1.29 is 19.2 Å². The minimum absolute atomic E-state index is 0.110. The summed E-state index contributed by atoms with van der Waals surface area (Å²) in [6.07, 6.45) is 1.58. The van der Waals surface area contributed by atoms with Crippen LogP contribution >= 0.6 is 0 Å². The summed E-state index contributed by atoms with van der Waals surface area (Å²) in [7, 11) is 3.22. The van der Waals surface area contributed by atoms with E-state index in [9.17, 15) is 19.2 Å². The Hall–Kier alpha value is -4.06. The predicted octanol–water partition coefficient (Wildman–Crippen LogP) is 2.81. The van der Waals surface area contributed by atoms with Crippen molar-refractivity contribution >= 4 is 28.7 Å². The number of likely N-dealkylation sites (N-methyl/N-ethyl adjacent to an activating group) is 1. The molecule has 30 heavy (non-hydrogen) atoms. The molecule has 1 N–H and O–H groups in total. The molecule has 146 valence electrons. The Morgan fingerprint density at radius 1 is 0.667 bits per heavy atom. The van der Waals surface area contributed by atoms with Gasteiger partial charge < -0.3 is 9.88 Å². The lowest BCUT2D eigenvalue weighted by Crippen LogP contribution is -2.29. The molecule has 0 saturated heterocycles. The first-order valence-corrected chi connectivity index (χ1v) is 9.44. The van der Waals surface area contributed by atoms with E-state index < -0.39 is 0 Å². The molecule has 0 saturated carbocycles. The van der Waals surface area contributed by atoms with E-state index >= 15 is 0 Å². The summed E-state index contributed by atoms with van der Waals surface area (Å²) in [5, 5.41) is 2.84. The maximum Gasteiger partial charge on any atom is 0.210 e. The van der Waals surface area contributed by atoms with Crippen LogP contribution in [0.4, 0.5) is 0 Å². The number of hydrogen-bond acceptors (Lipinski definition) is 5. The summed E-state index contributed by atoms with van der Waals surface area (Å²) in [4.78, 5) is 52.9. The third kappa shape index (κ3) is 2.18. The highest BCUT2D eigenvalue weighted by atomic mass is 16.1. The number of nitrogens with one attached hydrogen (secondary N) is 1. The van der Waals surface area contributed by atoms with Gasteiger partial charge in [0.05, 0.1) is 16.8 Å². The van der Waals surface area contributed by atoms with Gasteiger partial charge in [0.25, 0.3) is 0 Å². The molecule has 1 heterocycles. The van der Waals surface area contributed by atoms with Crippen molar-refractivity contribution in [2.24, 2.45) is 7.05 Å². The lowest BCUT2D eigenvalue weighted by atomic mass is 9.80. The van der Waals surface area contributed by atoms with Gasteiger partial charge in [-0.2, -0.15) is 0 Å². The van der Waals surface area contributed by atoms with Crippen molar-refractivity contribution in [3.8, 4) is 0 Å². The van der Waals surface area contributed by atoms with E-state index in [1.807, 2.05) is 0 Å². The summed E-state index contributed by atoms with van der Waals surface area (Å²) >= 11 is 0. The van der Waals surface area contributed by atoms with Crippen molar-refractivity contribution in [1.82, 2.24) is 9.88 Å². The molecule has 2 aromatic carbocycles. The van der Waals surface area contributed by atoms with Crippen molar-refractivity contribution in [3.63, 3.8) is 0 Å². The first kappa shape index (κ1) is 18.0. The number of fused-ring (bicyclic) bond motifs is 3. The smallest absolute Gasteiger partial charge is 0.210 e. The third-order valence-corrected chi connectivity index (χ3v) is 5.68. The lowest BCUT2D eigenvalue weighted by Gasteiger charge is -2.22. The van der Waals surface area contributed by atoms with Crippen molar-refractivity contribution in [3.05, 3.63) is 99.5 Å². The second kappa shape index (κ2) is 6.22. The van der Waals surface area contributed by atoms with Gasteiger partial charge in [-0.3, -0.25) is 19.2 Å². The summed E-state index contributed by atoms with van der Waals surface area (Å²) in [6.45, 7) is 0. The highest BCUT2D eigenvalue weighted by Crippen LogP contribution is 2.38. The van der Waals surface area contributed by atoms with Crippen LogP contribution in [0, 0.1) is 0 Å². The number of aryl methyl sites for hydroxylation is 1. The first-order chi connectivity index (χ1) is 14.5. The van der Waals surface area contributed by atoms with Crippen LogP contribution < -0.4 is 5.32 Å². The largest absolute Gasteiger partial charge is 0.384 e. The summed E-state index contributed by atoms with van der Waals surface area (Å²) < 4.78 is 1.55. The summed E-state index contributed by atoms with van der Waals surface area (Å²) in [5.74, 6) is -1.30. The van der Waals surface area contributed by atoms with E-state index in [0.29, 0.717) is 16.7 Å². The first-order valence-electron chi connectivity index (χ1n) is 9.44. The monoisotopic (exact) mass is 396 g/mol. The van der Waals surface area contributed by atoms with Crippen LogP contribution in [-0.2, 0) is 7.05 Å². The van der Waals surface area contributed by atoms with Gasteiger partial charge in [-0.1, -0.05) is 48.5 Å². The van der Waals surface area contributed by atoms with E-state index in [1.165, 1.54) is 0 Å². The van der Waals surface area contributed by atoms with Gasteiger partial charge in [-0.15, -0.1) is 0 Å². The van der Waals surface area contributed by atoms with Crippen molar-refractivity contribution in [2.45, 2.75) is 0 Å². The Bertz CT molecular complexity index is 1360. The standard InChI is InChI=1S/C24H16N2O4/c1-25-19-17(21(27)12-7-3-5-9-14(12)23(19)29)16-11-26(2)20-18(16)22(28)13-8-4-6-10-15(13)24(20)30/h3-11,25H,1-2H3. The molecule has 6 heteroatoms. The number of ketones is 4. The minimum Gasteiger partial charge on any atom is -0.384 e. The van der Waals surface area contributed by atoms with Gasteiger partial charge in [-0.05, 0) is 0 Å². The zero-order chi connectivity index (χ0) is 21.2. The molecule has 6 nitrogen and oxygen atoms in total. The van der Waals surface area contributed by atoms with Crippen molar-refractivity contribution in [1.29, 1.82) is 0 Å². The lowest BCUT2D eigenvalue weighted by molar-refractivity contribution is 0.0973. The number of allylic oxidation sites excluding steroid dienone is 2. The molecule has 2 aliphatic carbocycles. The number of benzene rings is 2. The Morgan fingerprint density at radius 3 is 1.73 bits per heavy atom. The number of rotatable bonds is 2. The van der Waals surface area contributed by atoms with Crippen LogP contribution in [0.5, 0.6) is 0 Å². The highest BCUT2D eigenvalue weighted by Gasteiger charge is 2.40. The average molecular weight is 396 g/mol. The average Bonchev–Trinajstić information content (AvgIpc) is 3.11. The normalized spacial score (nSPS) is 15.1. The molecule has 0 bridgehead atoms. The van der Waals surface area contributed by atoms with E-state index in [0.717, 1.165) is 0 Å². The molecule has 2 aliphatic rings. The SMILES string of the molecule is CNC1=C(c2cn(C)c3c2C(=O)c2ccccc2C3=O)C(=O)c2ccccc2C1=O. The molecule has 0 spiro atoms. The predicted molar refractivity (Wildman–Crippen MR) is 110 cm³/mol. The van der Waals surface area contributed by atoms with E-state index in [-0.39, 0.29) is 56.8 Å². The van der Waals surface area contributed by atoms with Crippen LogP contribution in [0.1, 0.15) is 58.3 Å². The molecule has 3 aromatic rings. The van der Waals surface area contributed by atoms with Gasteiger partial charge in [0, 0.05) is 48.1 Å². The summed E-state index contributed by atoms with van der Waals surface area (Å²) in [5.41, 5.74) is 2.12. The zero-order valence-electron chi connectivity index (χ0n) is 16.3. The quantitative estimate of drug-likeness (QED) is 0.563. The number of carbonyl (C=O) groups is 4. The zero-order valence-corrected chi connectivity index (χ0v) is 16.3. The molecule has 0 unspecified atom stereocenters. The molecule has 0 amide bonds. The van der Waals surface area contributed by atoms with Gasteiger partial charge in [0.15, 0.2) is 11.6 Å². The number of aromatic nitrogens is 1.